The van der Waals surface area contributed by atoms with E-state index in [1.165, 1.54) is 4.31 Å². The minimum absolute atomic E-state index is 0.0249. The van der Waals surface area contributed by atoms with Crippen LogP contribution in [-0.2, 0) is 10.0 Å². The van der Waals surface area contributed by atoms with Gasteiger partial charge in [-0.2, -0.15) is 4.31 Å². The molecule has 0 bridgehead atoms. The van der Waals surface area contributed by atoms with Crippen LogP contribution >= 0.6 is 0 Å². The highest BCUT2D eigenvalue weighted by Gasteiger charge is 2.36. The van der Waals surface area contributed by atoms with Gasteiger partial charge >= 0.3 is 5.69 Å². The summed E-state index contributed by atoms with van der Waals surface area (Å²) in [4.78, 5) is 9.70. The van der Waals surface area contributed by atoms with E-state index >= 15 is 0 Å². The molecule has 20 heavy (non-hydrogen) atoms. The summed E-state index contributed by atoms with van der Waals surface area (Å²) in [5, 5.41) is 20.1. The fourth-order valence-electron chi connectivity index (χ4n) is 2.10. The molecule has 1 saturated heterocycles. The van der Waals surface area contributed by atoms with Gasteiger partial charge in [-0.3, -0.25) is 10.1 Å². The average Bonchev–Trinajstić information content (AvgIpc) is 2.70. The first kappa shape index (κ1) is 14.7. The van der Waals surface area contributed by atoms with Gasteiger partial charge in [0.2, 0.25) is 10.0 Å². The Hall–Kier alpha value is -1.71. The third-order valence-electron chi connectivity index (χ3n) is 3.42. The van der Waals surface area contributed by atoms with E-state index in [4.69, 9.17) is 5.73 Å². The summed E-state index contributed by atoms with van der Waals surface area (Å²) in [6.45, 7) is 2.30. The first-order valence-electron chi connectivity index (χ1n) is 5.96. The van der Waals surface area contributed by atoms with Crippen LogP contribution < -0.4 is 5.73 Å². The summed E-state index contributed by atoms with van der Waals surface area (Å²) in [6.07, 6.45) is 0. The third kappa shape index (κ3) is 2.47. The van der Waals surface area contributed by atoms with Crippen LogP contribution in [-0.4, -0.2) is 41.9 Å². The molecule has 0 aromatic heterocycles. The Balaban J connectivity index is 2.40. The maximum Gasteiger partial charge on any atom is 0.312 e. The van der Waals surface area contributed by atoms with Crippen molar-refractivity contribution in [3.05, 3.63) is 28.3 Å². The molecule has 2 atom stereocenters. The Morgan fingerprint density at radius 1 is 1.45 bits per heavy atom. The van der Waals surface area contributed by atoms with Crippen LogP contribution in [0.15, 0.2) is 23.1 Å². The van der Waals surface area contributed by atoms with Crippen molar-refractivity contribution in [2.45, 2.75) is 17.9 Å². The van der Waals surface area contributed by atoms with Gasteiger partial charge in [0.15, 0.2) is 5.75 Å². The smallest absolute Gasteiger partial charge is 0.312 e. The molecular formula is C11H15N3O5S. The molecule has 1 fully saturated rings. The minimum Gasteiger partial charge on any atom is -0.502 e. The van der Waals surface area contributed by atoms with E-state index in [0.717, 1.165) is 18.2 Å². The topological polar surface area (TPSA) is 127 Å². The number of phenolic OH excluding ortho intramolecular Hbond substituents is 1. The van der Waals surface area contributed by atoms with Crippen LogP contribution in [0.4, 0.5) is 5.69 Å². The zero-order valence-electron chi connectivity index (χ0n) is 10.8. The van der Waals surface area contributed by atoms with Crippen molar-refractivity contribution >= 4 is 15.7 Å². The number of nitro groups is 1. The number of phenols is 1. The van der Waals surface area contributed by atoms with Gasteiger partial charge < -0.3 is 10.8 Å². The lowest BCUT2D eigenvalue weighted by Gasteiger charge is -2.15. The number of sulfonamides is 1. The van der Waals surface area contributed by atoms with Crippen molar-refractivity contribution in [1.29, 1.82) is 0 Å². The lowest BCUT2D eigenvalue weighted by atomic mass is 10.1. The molecule has 0 spiro atoms. The maximum absolute atomic E-state index is 12.4. The van der Waals surface area contributed by atoms with Crippen molar-refractivity contribution < 1.29 is 18.4 Å². The van der Waals surface area contributed by atoms with Crippen LogP contribution in [0.1, 0.15) is 6.92 Å². The highest BCUT2D eigenvalue weighted by Crippen LogP contribution is 2.31. The van der Waals surface area contributed by atoms with Crippen LogP contribution in [0.3, 0.4) is 0 Å². The number of nitrogens with zero attached hydrogens (tertiary/aromatic N) is 2. The predicted octanol–water partition coefficient (Wildman–Crippen LogP) is 0.268. The van der Waals surface area contributed by atoms with Gasteiger partial charge in [-0.05, 0) is 18.1 Å². The largest absolute Gasteiger partial charge is 0.502 e. The third-order valence-corrected chi connectivity index (χ3v) is 5.25. The van der Waals surface area contributed by atoms with E-state index in [0.29, 0.717) is 0 Å². The van der Waals surface area contributed by atoms with Crippen LogP contribution in [0, 0.1) is 16.0 Å². The Bertz CT molecular complexity index is 635. The molecule has 0 aliphatic carbocycles. The minimum atomic E-state index is -3.84. The SMILES string of the molecule is CC1CN(S(=O)(=O)c2ccc(O)c([N+](=O)[O-])c2)CC1N. The lowest BCUT2D eigenvalue weighted by Crippen LogP contribution is -2.32. The van der Waals surface area contributed by atoms with Gasteiger partial charge in [0.05, 0.1) is 9.82 Å². The Labute approximate surface area is 116 Å². The fourth-order valence-corrected chi connectivity index (χ4v) is 3.70. The van der Waals surface area contributed by atoms with E-state index < -0.39 is 26.4 Å². The second-order valence-corrected chi connectivity index (χ2v) is 6.81. The van der Waals surface area contributed by atoms with Gasteiger partial charge in [0, 0.05) is 25.2 Å². The standard InChI is InChI=1S/C11H15N3O5S/c1-7-5-13(6-9(7)12)20(18,19)8-2-3-11(15)10(4-8)14(16)17/h2-4,7,9,15H,5-6,12H2,1H3. The Kier molecular flexibility index (Phi) is 3.67. The van der Waals surface area contributed by atoms with Crippen LogP contribution in [0.5, 0.6) is 5.75 Å². The van der Waals surface area contributed by atoms with Crippen LogP contribution in [0.25, 0.3) is 0 Å². The van der Waals surface area contributed by atoms with E-state index in [1.54, 1.807) is 0 Å². The highest BCUT2D eigenvalue weighted by atomic mass is 32.2. The highest BCUT2D eigenvalue weighted by molar-refractivity contribution is 7.89. The quantitative estimate of drug-likeness (QED) is 0.609. The fraction of sp³-hybridized carbons (Fsp3) is 0.455. The molecule has 0 saturated carbocycles. The van der Waals surface area contributed by atoms with Crippen molar-refractivity contribution in [2.75, 3.05) is 13.1 Å². The number of rotatable bonds is 3. The first-order chi connectivity index (χ1) is 9.23. The van der Waals surface area contributed by atoms with Gasteiger partial charge in [-0.15, -0.1) is 0 Å². The zero-order valence-corrected chi connectivity index (χ0v) is 11.6. The number of aromatic hydroxyl groups is 1. The Morgan fingerprint density at radius 3 is 2.60 bits per heavy atom. The number of hydrogen-bond donors (Lipinski definition) is 2. The lowest BCUT2D eigenvalue weighted by molar-refractivity contribution is -0.386. The normalized spacial score (nSPS) is 23.9. The van der Waals surface area contributed by atoms with Crippen LogP contribution in [0.2, 0.25) is 0 Å². The Morgan fingerprint density at radius 2 is 2.10 bits per heavy atom. The van der Waals surface area contributed by atoms with E-state index in [-0.39, 0.29) is 29.9 Å². The molecule has 8 nitrogen and oxygen atoms in total. The van der Waals surface area contributed by atoms with Gasteiger partial charge in [-0.1, -0.05) is 6.92 Å². The second kappa shape index (κ2) is 5.00. The number of hydrogen-bond acceptors (Lipinski definition) is 6. The summed E-state index contributed by atoms with van der Waals surface area (Å²) >= 11 is 0. The summed E-state index contributed by atoms with van der Waals surface area (Å²) in [7, 11) is -3.84. The molecule has 1 aromatic carbocycles. The number of benzene rings is 1. The summed E-state index contributed by atoms with van der Waals surface area (Å²) in [5.74, 6) is -0.544. The molecule has 3 N–H and O–H groups in total. The van der Waals surface area contributed by atoms with Gasteiger partial charge in [-0.25, -0.2) is 8.42 Å². The monoisotopic (exact) mass is 301 g/mol. The molecule has 0 amide bonds. The summed E-state index contributed by atoms with van der Waals surface area (Å²) < 4.78 is 26.0. The van der Waals surface area contributed by atoms with Crippen molar-refractivity contribution in [2.24, 2.45) is 11.7 Å². The molecular weight excluding hydrogens is 286 g/mol. The molecule has 1 aliphatic rings. The first-order valence-corrected chi connectivity index (χ1v) is 7.40. The van der Waals surface area contributed by atoms with Gasteiger partial charge in [0.25, 0.3) is 0 Å². The summed E-state index contributed by atoms with van der Waals surface area (Å²) in [5.41, 5.74) is 5.15. The average molecular weight is 301 g/mol. The molecule has 1 aromatic rings. The molecule has 2 unspecified atom stereocenters. The summed E-state index contributed by atoms with van der Waals surface area (Å²) in [6, 6.07) is 2.76. The zero-order chi connectivity index (χ0) is 15.1. The van der Waals surface area contributed by atoms with E-state index in [2.05, 4.69) is 0 Å². The number of nitro benzene ring substituents is 1. The van der Waals surface area contributed by atoms with Crippen molar-refractivity contribution in [3.8, 4) is 5.75 Å². The molecule has 1 aliphatic heterocycles. The molecule has 0 radical (unpaired) electrons. The van der Waals surface area contributed by atoms with Crippen molar-refractivity contribution in [1.82, 2.24) is 4.31 Å². The molecule has 2 rings (SSSR count). The molecule has 110 valence electrons. The maximum atomic E-state index is 12.4. The van der Waals surface area contributed by atoms with E-state index in [9.17, 15) is 23.6 Å². The molecule has 1 heterocycles. The van der Waals surface area contributed by atoms with Crippen molar-refractivity contribution in [3.63, 3.8) is 0 Å². The number of nitrogens with two attached hydrogens (primary N) is 1. The molecule has 9 heteroatoms. The van der Waals surface area contributed by atoms with E-state index in [1.807, 2.05) is 6.92 Å². The second-order valence-electron chi connectivity index (χ2n) is 4.87. The predicted molar refractivity (Wildman–Crippen MR) is 70.7 cm³/mol. The van der Waals surface area contributed by atoms with Gasteiger partial charge in [0.1, 0.15) is 0 Å².